The molecule has 0 aliphatic rings. The summed E-state index contributed by atoms with van der Waals surface area (Å²) in [6.07, 6.45) is -0.156. The number of rotatable bonds is 4. The summed E-state index contributed by atoms with van der Waals surface area (Å²) in [6, 6.07) is 7.60. The number of aliphatic hydroxyl groups is 1. The lowest BCUT2D eigenvalue weighted by Crippen LogP contribution is -2.64. The molecule has 0 radical (unpaired) electrons. The normalized spacial score (nSPS) is 16.3. The molecule has 2 atom stereocenters. The number of hydrogen-bond donors (Lipinski definition) is 3. The molecule has 1 aromatic heterocycles. The van der Waals surface area contributed by atoms with Crippen LogP contribution in [-0.2, 0) is 14.6 Å². The lowest BCUT2D eigenvalue weighted by atomic mass is 10.2. The number of carbonyl (C=O) groups is 1. The van der Waals surface area contributed by atoms with E-state index in [4.69, 9.17) is 11.5 Å². The molecule has 0 aliphatic carbocycles. The maximum absolute atomic E-state index is 12.6. The second-order valence-corrected chi connectivity index (χ2v) is 6.85. The summed E-state index contributed by atoms with van der Waals surface area (Å²) in [5, 5.41) is 10.4. The summed E-state index contributed by atoms with van der Waals surface area (Å²) >= 11 is 0. The highest BCUT2D eigenvalue weighted by atomic mass is 32.2. The fourth-order valence-corrected chi connectivity index (χ4v) is 3.59. The number of amides is 1. The number of nitrogens with two attached hydrogens (primary N) is 2. The van der Waals surface area contributed by atoms with Crippen LogP contribution in [-0.4, -0.2) is 35.4 Å². The molecule has 21 heavy (non-hydrogen) atoms. The van der Waals surface area contributed by atoms with E-state index in [2.05, 4.69) is 4.98 Å². The number of hydrogen-bond acceptors (Lipinski definition) is 6. The maximum atomic E-state index is 12.6. The van der Waals surface area contributed by atoms with Crippen molar-refractivity contribution in [1.82, 2.24) is 4.98 Å². The van der Waals surface area contributed by atoms with E-state index in [9.17, 15) is 18.3 Å². The average molecular weight is 309 g/mol. The van der Waals surface area contributed by atoms with Crippen molar-refractivity contribution in [1.29, 1.82) is 0 Å². The van der Waals surface area contributed by atoms with Gasteiger partial charge in [-0.15, -0.1) is 0 Å². The molecule has 5 N–H and O–H groups in total. The van der Waals surface area contributed by atoms with E-state index < -0.39 is 26.7 Å². The van der Waals surface area contributed by atoms with Gasteiger partial charge in [0, 0.05) is 11.6 Å². The number of fused-ring (bicyclic) bond motifs is 1. The Hall–Kier alpha value is -2.03. The molecule has 0 spiro atoms. The number of carbonyl (C=O) groups excluding carboxylic acids is 1. The third-order valence-electron chi connectivity index (χ3n) is 3.34. The van der Waals surface area contributed by atoms with E-state index >= 15 is 0 Å². The maximum Gasteiger partial charge on any atom is 0.256 e. The first-order chi connectivity index (χ1) is 9.71. The number of aliphatic hydroxyl groups excluding tert-OH is 1. The molecule has 0 aliphatic heterocycles. The summed E-state index contributed by atoms with van der Waals surface area (Å²) in [7, 11) is -4.38. The van der Waals surface area contributed by atoms with E-state index in [1.807, 2.05) is 0 Å². The summed E-state index contributed by atoms with van der Waals surface area (Å²) < 4.78 is 25.1. The summed E-state index contributed by atoms with van der Waals surface area (Å²) in [4.78, 5) is 12.7. The molecular formula is C13H15N3O4S. The van der Waals surface area contributed by atoms with E-state index in [0.29, 0.717) is 5.52 Å². The van der Waals surface area contributed by atoms with Crippen LogP contribution in [0.2, 0.25) is 0 Å². The van der Waals surface area contributed by atoms with Gasteiger partial charge in [0.1, 0.15) is 0 Å². The second-order valence-electron chi connectivity index (χ2n) is 4.69. The first-order valence-electron chi connectivity index (χ1n) is 6.07. The largest absolute Gasteiger partial charge is 0.390 e. The molecule has 0 fully saturated rings. The van der Waals surface area contributed by atoms with Crippen LogP contribution in [0.5, 0.6) is 0 Å². The molecule has 1 heterocycles. The lowest BCUT2D eigenvalue weighted by molar-refractivity contribution is -0.122. The Balaban J connectivity index is 2.68. The Bertz CT molecular complexity index is 804. The van der Waals surface area contributed by atoms with Gasteiger partial charge in [-0.25, -0.2) is 8.42 Å². The van der Waals surface area contributed by atoms with Gasteiger partial charge in [0.2, 0.25) is 14.7 Å². The second kappa shape index (κ2) is 5.06. The van der Waals surface area contributed by atoms with Crippen LogP contribution in [0.3, 0.4) is 0 Å². The molecule has 7 nitrogen and oxygen atoms in total. The number of pyridine rings is 1. The minimum atomic E-state index is -4.38. The SMILES string of the molecule is C[C@@H](O)[C@](N)(C(N)=O)S(=O)(=O)c1ccc2cccnc2c1. The quantitative estimate of drug-likeness (QED) is 0.698. The Morgan fingerprint density at radius 2 is 2.05 bits per heavy atom. The molecule has 1 amide bonds. The third kappa shape index (κ3) is 2.27. The Labute approximate surface area is 121 Å². The van der Waals surface area contributed by atoms with Crippen molar-refractivity contribution in [3.8, 4) is 0 Å². The van der Waals surface area contributed by atoms with Gasteiger partial charge in [-0.3, -0.25) is 9.78 Å². The molecule has 112 valence electrons. The van der Waals surface area contributed by atoms with Crippen LogP contribution in [0.4, 0.5) is 0 Å². The lowest BCUT2D eigenvalue weighted by Gasteiger charge is -2.28. The fourth-order valence-electron chi connectivity index (χ4n) is 1.97. The van der Waals surface area contributed by atoms with Crippen molar-refractivity contribution in [2.75, 3.05) is 0 Å². The summed E-state index contributed by atoms with van der Waals surface area (Å²) in [5.74, 6) is -1.32. The zero-order chi connectivity index (χ0) is 15.8. The van der Waals surface area contributed by atoms with Gasteiger partial charge in [-0.1, -0.05) is 12.1 Å². The topological polar surface area (TPSA) is 136 Å². The van der Waals surface area contributed by atoms with Crippen molar-refractivity contribution >= 4 is 26.6 Å². The number of primary amides is 1. The van der Waals surface area contributed by atoms with Gasteiger partial charge in [0.05, 0.1) is 16.5 Å². The van der Waals surface area contributed by atoms with Crippen LogP contribution >= 0.6 is 0 Å². The molecule has 2 aromatic rings. The molecule has 2 rings (SSSR count). The number of nitrogens with zero attached hydrogens (tertiary/aromatic N) is 1. The molecule has 0 unspecified atom stereocenters. The molecular weight excluding hydrogens is 294 g/mol. The fraction of sp³-hybridized carbons (Fsp3) is 0.231. The van der Waals surface area contributed by atoms with Gasteiger partial charge in [-0.05, 0) is 25.1 Å². The summed E-state index contributed by atoms with van der Waals surface area (Å²) in [5.41, 5.74) is 11.1. The van der Waals surface area contributed by atoms with Gasteiger partial charge in [0.25, 0.3) is 5.91 Å². The number of sulfone groups is 1. The molecule has 8 heteroatoms. The first kappa shape index (κ1) is 15.4. The van der Waals surface area contributed by atoms with E-state index in [1.54, 1.807) is 18.2 Å². The van der Waals surface area contributed by atoms with E-state index in [1.165, 1.54) is 18.3 Å². The Kier molecular flexibility index (Phi) is 3.70. The Morgan fingerprint density at radius 1 is 1.38 bits per heavy atom. The predicted molar refractivity (Wildman–Crippen MR) is 76.7 cm³/mol. The zero-order valence-corrected chi connectivity index (χ0v) is 12.0. The van der Waals surface area contributed by atoms with Gasteiger partial charge >= 0.3 is 0 Å². The highest BCUT2D eigenvalue weighted by molar-refractivity contribution is 7.93. The van der Waals surface area contributed by atoms with Crippen molar-refractivity contribution < 1.29 is 18.3 Å². The van der Waals surface area contributed by atoms with Gasteiger partial charge in [0.15, 0.2) is 0 Å². The van der Waals surface area contributed by atoms with Crippen LogP contribution in [0, 0.1) is 0 Å². The smallest absolute Gasteiger partial charge is 0.256 e. The van der Waals surface area contributed by atoms with Crippen molar-refractivity contribution in [3.05, 3.63) is 36.5 Å². The van der Waals surface area contributed by atoms with Crippen LogP contribution in [0.1, 0.15) is 6.92 Å². The monoisotopic (exact) mass is 309 g/mol. The van der Waals surface area contributed by atoms with Crippen LogP contribution < -0.4 is 11.5 Å². The van der Waals surface area contributed by atoms with Gasteiger partial charge in [-0.2, -0.15) is 0 Å². The minimum absolute atomic E-state index is 0.226. The molecule has 1 aromatic carbocycles. The molecule has 0 saturated heterocycles. The Morgan fingerprint density at radius 3 is 2.62 bits per heavy atom. The number of benzene rings is 1. The third-order valence-corrected chi connectivity index (χ3v) is 5.64. The highest BCUT2D eigenvalue weighted by Gasteiger charge is 2.51. The van der Waals surface area contributed by atoms with E-state index in [-0.39, 0.29) is 4.90 Å². The average Bonchev–Trinajstić information content (AvgIpc) is 2.45. The van der Waals surface area contributed by atoms with Crippen LogP contribution in [0.25, 0.3) is 10.9 Å². The minimum Gasteiger partial charge on any atom is -0.390 e. The highest BCUT2D eigenvalue weighted by Crippen LogP contribution is 2.27. The first-order valence-corrected chi connectivity index (χ1v) is 7.56. The molecule has 0 bridgehead atoms. The number of aromatic nitrogens is 1. The zero-order valence-electron chi connectivity index (χ0n) is 11.2. The predicted octanol–water partition coefficient (Wildman–Crippen LogP) is -0.470. The van der Waals surface area contributed by atoms with Crippen molar-refractivity contribution in [3.63, 3.8) is 0 Å². The summed E-state index contributed by atoms with van der Waals surface area (Å²) in [6.45, 7) is 1.10. The van der Waals surface area contributed by atoms with Crippen molar-refractivity contribution in [2.45, 2.75) is 22.8 Å². The standard InChI is InChI=1S/C13H15N3O4S/c1-8(17)13(15,12(14)18)21(19,20)10-5-4-9-3-2-6-16-11(9)7-10/h2-8,17H,15H2,1H3,(H2,14,18)/t8-,13-/m1/s1. The van der Waals surface area contributed by atoms with Crippen molar-refractivity contribution in [2.24, 2.45) is 11.5 Å². The van der Waals surface area contributed by atoms with Crippen LogP contribution in [0.15, 0.2) is 41.4 Å². The van der Waals surface area contributed by atoms with Gasteiger partial charge < -0.3 is 16.6 Å². The molecule has 0 saturated carbocycles. The van der Waals surface area contributed by atoms with E-state index in [0.717, 1.165) is 12.3 Å².